The number of piperidine rings is 1. The Bertz CT molecular complexity index is 606. The molecule has 1 saturated heterocycles. The van der Waals surface area contributed by atoms with E-state index >= 15 is 0 Å². The Labute approximate surface area is 188 Å². The molecule has 2 N–H and O–H groups in total. The first-order chi connectivity index (χ1) is 14.7. The number of carbonyl (C=O) groups excluding carboxylic acids is 2. The van der Waals surface area contributed by atoms with E-state index in [2.05, 4.69) is 29.5 Å². The monoisotopic (exact) mass is 437 g/mol. The zero-order valence-electron chi connectivity index (χ0n) is 20.2. The molecule has 0 bridgehead atoms. The number of ether oxygens (including phenoxy) is 1. The van der Waals surface area contributed by atoms with E-state index in [4.69, 9.17) is 4.74 Å². The molecule has 0 atom stereocenters. The van der Waals surface area contributed by atoms with Crippen LogP contribution in [0.5, 0.6) is 0 Å². The molecule has 0 aromatic rings. The lowest BCUT2D eigenvalue weighted by Gasteiger charge is -2.38. The van der Waals surface area contributed by atoms with E-state index in [0.29, 0.717) is 31.6 Å². The molecular formula is C23H43N5O3. The van der Waals surface area contributed by atoms with Gasteiger partial charge < -0.3 is 25.2 Å². The second-order valence-electron chi connectivity index (χ2n) is 9.73. The highest BCUT2D eigenvalue weighted by Gasteiger charge is 2.31. The zero-order valence-corrected chi connectivity index (χ0v) is 20.2. The Hall–Kier alpha value is -1.99. The van der Waals surface area contributed by atoms with Gasteiger partial charge in [0.25, 0.3) is 0 Å². The van der Waals surface area contributed by atoms with Crippen LogP contribution in [0.4, 0.5) is 4.79 Å². The molecule has 1 aliphatic heterocycles. The van der Waals surface area contributed by atoms with Crippen molar-refractivity contribution in [3.63, 3.8) is 0 Å². The Morgan fingerprint density at radius 1 is 1.10 bits per heavy atom. The molecule has 8 nitrogen and oxygen atoms in total. The van der Waals surface area contributed by atoms with Crippen molar-refractivity contribution in [1.29, 1.82) is 0 Å². The summed E-state index contributed by atoms with van der Waals surface area (Å²) in [7, 11) is 3.49. The fourth-order valence-electron chi connectivity index (χ4n) is 4.40. The largest absolute Gasteiger partial charge is 0.450 e. The van der Waals surface area contributed by atoms with Gasteiger partial charge in [0.2, 0.25) is 5.91 Å². The quantitative estimate of drug-likeness (QED) is 0.472. The van der Waals surface area contributed by atoms with Crippen molar-refractivity contribution >= 4 is 18.0 Å². The highest BCUT2D eigenvalue weighted by molar-refractivity contribution is 5.85. The number of nitrogens with zero attached hydrogens (tertiary/aromatic N) is 3. The summed E-state index contributed by atoms with van der Waals surface area (Å²) in [6.45, 7) is 9.14. The number of amides is 2. The highest BCUT2D eigenvalue weighted by atomic mass is 16.6. The maximum atomic E-state index is 12.1. The van der Waals surface area contributed by atoms with Crippen LogP contribution in [0.2, 0.25) is 0 Å². The molecule has 1 saturated carbocycles. The first kappa shape index (κ1) is 25.3. The fraction of sp³-hybridized carbons (Fsp3) is 0.870. The van der Waals surface area contributed by atoms with E-state index < -0.39 is 0 Å². The third kappa shape index (κ3) is 8.22. The van der Waals surface area contributed by atoms with Gasteiger partial charge >= 0.3 is 6.09 Å². The predicted octanol–water partition coefficient (Wildman–Crippen LogP) is 2.84. The first-order valence-corrected chi connectivity index (χ1v) is 11.9. The number of likely N-dealkylation sites (N-methyl/N-ethyl adjacent to an activating group) is 1. The van der Waals surface area contributed by atoms with Crippen molar-refractivity contribution in [2.45, 2.75) is 71.8 Å². The number of hydrogen-bond acceptors (Lipinski definition) is 4. The smallest absolute Gasteiger partial charge is 0.409 e. The molecule has 8 heteroatoms. The van der Waals surface area contributed by atoms with Crippen LogP contribution >= 0.6 is 0 Å². The van der Waals surface area contributed by atoms with Gasteiger partial charge in [-0.25, -0.2) is 9.79 Å². The minimum Gasteiger partial charge on any atom is -0.450 e. The van der Waals surface area contributed by atoms with E-state index in [9.17, 15) is 9.59 Å². The summed E-state index contributed by atoms with van der Waals surface area (Å²) < 4.78 is 5.11. The Morgan fingerprint density at radius 3 is 2.32 bits per heavy atom. The van der Waals surface area contributed by atoms with Crippen LogP contribution in [0.25, 0.3) is 0 Å². The maximum absolute atomic E-state index is 12.1. The lowest BCUT2D eigenvalue weighted by Crippen LogP contribution is -2.52. The Balaban J connectivity index is 1.94. The lowest BCUT2D eigenvalue weighted by atomic mass is 9.71. The molecule has 0 spiro atoms. The van der Waals surface area contributed by atoms with E-state index in [1.165, 1.54) is 32.1 Å². The van der Waals surface area contributed by atoms with Crippen LogP contribution in [0, 0.1) is 11.3 Å². The van der Waals surface area contributed by atoms with Crippen molar-refractivity contribution in [1.82, 2.24) is 20.4 Å². The summed E-state index contributed by atoms with van der Waals surface area (Å²) in [5.41, 5.74) is 0.168. The topological polar surface area (TPSA) is 86.3 Å². The third-order valence-electron chi connectivity index (χ3n) is 6.65. The van der Waals surface area contributed by atoms with Gasteiger partial charge in [-0.2, -0.15) is 0 Å². The second-order valence-corrected chi connectivity index (χ2v) is 9.73. The van der Waals surface area contributed by atoms with Crippen LogP contribution in [0.1, 0.15) is 65.7 Å². The van der Waals surface area contributed by atoms with Crippen molar-refractivity contribution in [3.8, 4) is 0 Å². The van der Waals surface area contributed by atoms with Gasteiger partial charge in [0.15, 0.2) is 5.96 Å². The number of likely N-dealkylation sites (tertiary alicyclic amines) is 1. The standard InChI is InChI=1S/C23H43N5O3/c1-6-31-22(30)28-14-12-19(13-15-28)26-21(24-16-20(29)27(4)5)25-17-23(2,3)18-10-8-7-9-11-18/h18-19H,6-17H2,1-5H3,(H2,24,25,26). The predicted molar refractivity (Wildman–Crippen MR) is 124 cm³/mol. The molecule has 2 amide bonds. The summed E-state index contributed by atoms with van der Waals surface area (Å²) in [5.74, 6) is 1.38. The van der Waals surface area contributed by atoms with Gasteiger partial charge in [-0.15, -0.1) is 0 Å². The number of nitrogens with one attached hydrogen (secondary N) is 2. The second kappa shape index (κ2) is 12.2. The first-order valence-electron chi connectivity index (χ1n) is 11.9. The van der Waals surface area contributed by atoms with Crippen LogP contribution in [0.3, 0.4) is 0 Å². The van der Waals surface area contributed by atoms with Gasteiger partial charge in [0.1, 0.15) is 6.54 Å². The number of aliphatic imine (C=N–C) groups is 1. The minimum atomic E-state index is -0.237. The molecule has 2 rings (SSSR count). The summed E-state index contributed by atoms with van der Waals surface area (Å²) >= 11 is 0. The van der Waals surface area contributed by atoms with E-state index in [1.54, 1.807) is 23.9 Å². The SMILES string of the molecule is CCOC(=O)N1CCC(NC(=NCC(=O)N(C)C)NCC(C)(C)C2CCCCC2)CC1. The Morgan fingerprint density at radius 2 is 1.74 bits per heavy atom. The Kier molecular flexibility index (Phi) is 9.91. The third-order valence-corrected chi connectivity index (χ3v) is 6.65. The minimum absolute atomic E-state index is 0.0234. The average molecular weight is 438 g/mol. The molecule has 1 heterocycles. The molecule has 2 aliphatic rings. The van der Waals surface area contributed by atoms with E-state index in [1.807, 2.05) is 6.92 Å². The van der Waals surface area contributed by atoms with Crippen LogP contribution in [0.15, 0.2) is 4.99 Å². The lowest BCUT2D eigenvalue weighted by molar-refractivity contribution is -0.127. The van der Waals surface area contributed by atoms with Crippen LogP contribution < -0.4 is 10.6 Å². The average Bonchev–Trinajstić information content (AvgIpc) is 2.76. The van der Waals surface area contributed by atoms with Crippen molar-refractivity contribution in [3.05, 3.63) is 0 Å². The maximum Gasteiger partial charge on any atom is 0.409 e. The molecule has 0 radical (unpaired) electrons. The summed E-state index contributed by atoms with van der Waals surface area (Å²) in [4.78, 5) is 31.9. The normalized spacial score (nSPS) is 19.1. The van der Waals surface area contributed by atoms with Crippen molar-refractivity contribution in [2.75, 3.05) is 46.9 Å². The number of guanidine groups is 1. The van der Waals surface area contributed by atoms with Crippen LogP contribution in [-0.2, 0) is 9.53 Å². The molecule has 1 aliphatic carbocycles. The van der Waals surface area contributed by atoms with Crippen molar-refractivity contribution in [2.24, 2.45) is 16.3 Å². The molecule has 178 valence electrons. The van der Waals surface area contributed by atoms with Gasteiger partial charge in [-0.1, -0.05) is 33.1 Å². The van der Waals surface area contributed by atoms with Gasteiger partial charge in [-0.05, 0) is 43.9 Å². The van der Waals surface area contributed by atoms with Gasteiger partial charge in [0, 0.05) is 39.8 Å². The van der Waals surface area contributed by atoms with E-state index in [-0.39, 0.29) is 30.0 Å². The van der Waals surface area contributed by atoms with Crippen LogP contribution in [-0.4, -0.2) is 80.7 Å². The summed E-state index contributed by atoms with van der Waals surface area (Å²) in [5, 5.41) is 7.02. The number of carbonyl (C=O) groups is 2. The molecule has 0 aromatic heterocycles. The number of rotatable bonds is 7. The molecular weight excluding hydrogens is 394 g/mol. The fourth-order valence-corrected chi connectivity index (χ4v) is 4.40. The molecule has 0 unspecified atom stereocenters. The van der Waals surface area contributed by atoms with Gasteiger partial charge in [-0.3, -0.25) is 4.79 Å². The van der Waals surface area contributed by atoms with E-state index in [0.717, 1.165) is 19.4 Å². The van der Waals surface area contributed by atoms with Gasteiger partial charge in [0.05, 0.1) is 6.61 Å². The summed E-state index contributed by atoms with van der Waals surface area (Å²) in [6, 6.07) is 0.212. The molecule has 0 aromatic carbocycles. The summed E-state index contributed by atoms with van der Waals surface area (Å²) in [6.07, 6.45) is 8.00. The molecule has 31 heavy (non-hydrogen) atoms. The number of hydrogen-bond donors (Lipinski definition) is 2. The zero-order chi connectivity index (χ0) is 22.9. The van der Waals surface area contributed by atoms with Crippen molar-refractivity contribution < 1.29 is 14.3 Å². The molecule has 2 fully saturated rings. The highest BCUT2D eigenvalue weighted by Crippen LogP contribution is 2.37.